The SMILES string of the molecule is [C-]#[N+]c1cc(N=Nc2nc(C)ns2)c(=O)n(-c2ccc(C)cc2)c1O. The lowest BCUT2D eigenvalue weighted by Crippen LogP contribution is -2.17. The zero-order chi connectivity index (χ0) is 18.0. The molecule has 2 aromatic heterocycles. The molecule has 0 atom stereocenters. The quantitative estimate of drug-likeness (QED) is 0.569. The molecule has 3 aromatic rings. The van der Waals surface area contributed by atoms with Gasteiger partial charge in [-0.05, 0) is 32.0 Å². The minimum atomic E-state index is -0.584. The summed E-state index contributed by atoms with van der Waals surface area (Å²) < 4.78 is 5.01. The zero-order valence-corrected chi connectivity index (χ0v) is 14.2. The summed E-state index contributed by atoms with van der Waals surface area (Å²) >= 11 is 1.05. The molecule has 8 nitrogen and oxygen atoms in total. The molecule has 0 fully saturated rings. The number of aryl methyl sites for hydroxylation is 2. The first-order valence-corrected chi connectivity index (χ1v) is 7.92. The van der Waals surface area contributed by atoms with E-state index in [4.69, 9.17) is 6.57 Å². The van der Waals surface area contributed by atoms with E-state index in [0.717, 1.165) is 21.7 Å². The van der Waals surface area contributed by atoms with Gasteiger partial charge in [0, 0.05) is 11.5 Å². The van der Waals surface area contributed by atoms with Crippen LogP contribution in [0.15, 0.2) is 45.4 Å². The van der Waals surface area contributed by atoms with Gasteiger partial charge >= 0.3 is 0 Å². The molecule has 124 valence electrons. The molecule has 25 heavy (non-hydrogen) atoms. The van der Waals surface area contributed by atoms with E-state index in [1.807, 2.05) is 6.92 Å². The van der Waals surface area contributed by atoms with Crippen LogP contribution in [0.25, 0.3) is 10.5 Å². The Labute approximate surface area is 146 Å². The van der Waals surface area contributed by atoms with Crippen LogP contribution < -0.4 is 5.56 Å². The van der Waals surface area contributed by atoms with Crippen LogP contribution in [0.1, 0.15) is 11.4 Å². The zero-order valence-electron chi connectivity index (χ0n) is 13.3. The summed E-state index contributed by atoms with van der Waals surface area (Å²) in [5.41, 5.74) is 0.685. The van der Waals surface area contributed by atoms with E-state index in [2.05, 4.69) is 24.4 Å². The molecular formula is C16H12N6O2S. The first-order valence-electron chi connectivity index (χ1n) is 7.15. The summed E-state index contributed by atoms with van der Waals surface area (Å²) in [6, 6.07) is 8.17. The lowest BCUT2D eigenvalue weighted by Gasteiger charge is -2.11. The number of rotatable bonds is 3. The van der Waals surface area contributed by atoms with Crippen molar-refractivity contribution >= 4 is 28.0 Å². The second-order valence-electron chi connectivity index (χ2n) is 5.15. The van der Waals surface area contributed by atoms with Gasteiger partial charge in [-0.25, -0.2) is 9.83 Å². The van der Waals surface area contributed by atoms with E-state index in [1.54, 1.807) is 31.2 Å². The van der Waals surface area contributed by atoms with E-state index >= 15 is 0 Å². The molecule has 0 unspecified atom stereocenters. The maximum Gasteiger partial charge on any atom is 0.283 e. The fourth-order valence-corrected chi connectivity index (χ4v) is 2.60. The molecule has 0 saturated carbocycles. The minimum absolute atomic E-state index is 0.0720. The summed E-state index contributed by atoms with van der Waals surface area (Å²) in [5, 5.41) is 18.3. The van der Waals surface area contributed by atoms with Crippen LogP contribution >= 0.6 is 11.5 Å². The van der Waals surface area contributed by atoms with Crippen molar-refractivity contribution in [1.29, 1.82) is 0 Å². The lowest BCUT2D eigenvalue weighted by atomic mass is 10.2. The fourth-order valence-electron chi connectivity index (χ4n) is 2.09. The van der Waals surface area contributed by atoms with Gasteiger partial charge in [0.1, 0.15) is 11.5 Å². The van der Waals surface area contributed by atoms with Crippen molar-refractivity contribution in [3.05, 3.63) is 63.5 Å². The maximum atomic E-state index is 12.7. The Balaban J connectivity index is 2.16. The summed E-state index contributed by atoms with van der Waals surface area (Å²) in [6.45, 7) is 10.8. The van der Waals surface area contributed by atoms with Gasteiger partial charge in [0.15, 0.2) is 0 Å². The van der Waals surface area contributed by atoms with Gasteiger partial charge in [-0.2, -0.15) is 4.37 Å². The highest BCUT2D eigenvalue weighted by Gasteiger charge is 2.16. The number of aromatic nitrogens is 3. The van der Waals surface area contributed by atoms with Crippen LogP contribution in [0, 0.1) is 20.4 Å². The largest absolute Gasteiger partial charge is 0.502 e. The van der Waals surface area contributed by atoms with E-state index in [1.165, 1.54) is 6.07 Å². The Morgan fingerprint density at radius 3 is 2.56 bits per heavy atom. The van der Waals surface area contributed by atoms with Gasteiger partial charge in [0.05, 0.1) is 12.3 Å². The predicted octanol–water partition coefficient (Wildman–Crippen LogP) is 3.98. The van der Waals surface area contributed by atoms with Crippen molar-refractivity contribution in [2.75, 3.05) is 0 Å². The molecule has 3 rings (SSSR count). The van der Waals surface area contributed by atoms with E-state index < -0.39 is 11.4 Å². The van der Waals surface area contributed by atoms with Crippen molar-refractivity contribution in [2.45, 2.75) is 13.8 Å². The van der Waals surface area contributed by atoms with Gasteiger partial charge in [0.2, 0.25) is 16.7 Å². The van der Waals surface area contributed by atoms with Gasteiger partial charge in [-0.3, -0.25) is 9.36 Å². The third-order valence-corrected chi connectivity index (χ3v) is 4.00. The van der Waals surface area contributed by atoms with Crippen molar-refractivity contribution < 1.29 is 5.11 Å². The molecule has 0 bridgehead atoms. The van der Waals surface area contributed by atoms with Crippen molar-refractivity contribution in [2.24, 2.45) is 10.2 Å². The molecule has 0 aliphatic heterocycles. The molecule has 0 amide bonds. The fraction of sp³-hybridized carbons (Fsp3) is 0.125. The summed E-state index contributed by atoms with van der Waals surface area (Å²) in [6.07, 6.45) is 0. The maximum absolute atomic E-state index is 12.7. The van der Waals surface area contributed by atoms with Crippen LogP contribution in [0.4, 0.5) is 16.5 Å². The first kappa shape index (κ1) is 16.5. The number of benzene rings is 1. The van der Waals surface area contributed by atoms with E-state index in [-0.39, 0.29) is 11.4 Å². The average molecular weight is 352 g/mol. The van der Waals surface area contributed by atoms with Crippen molar-refractivity contribution in [3.63, 3.8) is 0 Å². The van der Waals surface area contributed by atoms with E-state index in [0.29, 0.717) is 16.6 Å². The second-order valence-corrected chi connectivity index (χ2v) is 5.88. The Morgan fingerprint density at radius 2 is 1.96 bits per heavy atom. The van der Waals surface area contributed by atoms with Crippen molar-refractivity contribution in [1.82, 2.24) is 13.9 Å². The molecule has 1 N–H and O–H groups in total. The average Bonchev–Trinajstić information content (AvgIpc) is 3.01. The Hall–Kier alpha value is -3.38. The monoisotopic (exact) mass is 352 g/mol. The van der Waals surface area contributed by atoms with Crippen molar-refractivity contribution in [3.8, 4) is 11.6 Å². The normalized spacial score (nSPS) is 10.9. The number of aromatic hydroxyl groups is 1. The summed E-state index contributed by atoms with van der Waals surface area (Å²) in [5.74, 6) is 0.123. The standard InChI is InChI=1S/C16H12N6O2S/c1-9-4-6-11(7-5-9)22-14(23)12(17-3)8-13(15(22)24)19-20-16-18-10(2)21-25-16/h4-8,23H,1-2H3. The Kier molecular flexibility index (Phi) is 4.36. The molecule has 2 heterocycles. The van der Waals surface area contributed by atoms with Crippen LogP contribution in [-0.4, -0.2) is 19.0 Å². The topological polar surface area (TPSA) is 97.1 Å². The molecule has 0 radical (unpaired) electrons. The summed E-state index contributed by atoms with van der Waals surface area (Å²) in [7, 11) is 0. The van der Waals surface area contributed by atoms with Gasteiger partial charge < -0.3 is 5.11 Å². The van der Waals surface area contributed by atoms with Gasteiger partial charge in [-0.15, -0.1) is 10.2 Å². The number of hydrogen-bond donors (Lipinski definition) is 1. The molecule has 0 spiro atoms. The second kappa shape index (κ2) is 6.62. The Bertz CT molecular complexity index is 1060. The third-order valence-electron chi connectivity index (χ3n) is 3.31. The summed E-state index contributed by atoms with van der Waals surface area (Å²) in [4.78, 5) is 20.0. The first-order chi connectivity index (χ1) is 12.0. The number of hydrogen-bond acceptors (Lipinski definition) is 7. The molecule has 0 aliphatic rings. The predicted molar refractivity (Wildman–Crippen MR) is 93.5 cm³/mol. The molecule has 0 saturated heterocycles. The molecule has 1 aromatic carbocycles. The van der Waals surface area contributed by atoms with E-state index in [9.17, 15) is 9.90 Å². The Morgan fingerprint density at radius 1 is 1.24 bits per heavy atom. The smallest absolute Gasteiger partial charge is 0.283 e. The number of nitrogens with zero attached hydrogens (tertiary/aromatic N) is 6. The highest BCUT2D eigenvalue weighted by atomic mass is 32.1. The number of azo groups is 1. The van der Waals surface area contributed by atoms with Gasteiger partial charge in [-0.1, -0.05) is 17.7 Å². The third kappa shape index (κ3) is 3.29. The highest BCUT2D eigenvalue weighted by Crippen LogP contribution is 2.31. The number of pyridine rings is 1. The highest BCUT2D eigenvalue weighted by molar-refractivity contribution is 7.09. The van der Waals surface area contributed by atoms with Crippen LogP contribution in [0.5, 0.6) is 5.88 Å². The minimum Gasteiger partial charge on any atom is -0.502 e. The molecule has 9 heteroatoms. The van der Waals surface area contributed by atoms with Gasteiger partial charge in [0.25, 0.3) is 5.56 Å². The molecule has 0 aliphatic carbocycles. The van der Waals surface area contributed by atoms with Crippen LogP contribution in [0.2, 0.25) is 0 Å². The lowest BCUT2D eigenvalue weighted by molar-refractivity contribution is 0.439. The van der Waals surface area contributed by atoms with Crippen LogP contribution in [-0.2, 0) is 0 Å². The van der Waals surface area contributed by atoms with Crippen LogP contribution in [0.3, 0.4) is 0 Å². The molecular weight excluding hydrogens is 340 g/mol.